The summed E-state index contributed by atoms with van der Waals surface area (Å²) in [5.41, 5.74) is 1.06. The number of carbonyl (C=O) groups excluding carboxylic acids is 3. The van der Waals surface area contributed by atoms with Gasteiger partial charge in [-0.05, 0) is 24.4 Å². The molecule has 0 aliphatic carbocycles. The van der Waals surface area contributed by atoms with Crippen molar-refractivity contribution in [2.75, 3.05) is 11.9 Å². The second-order valence-corrected chi connectivity index (χ2v) is 5.74. The average Bonchev–Trinajstić information content (AvgIpc) is 3.22. The third kappa shape index (κ3) is 3.63. The van der Waals surface area contributed by atoms with Crippen molar-refractivity contribution in [1.29, 1.82) is 0 Å². The highest BCUT2D eigenvalue weighted by atomic mass is 32.1. The summed E-state index contributed by atoms with van der Waals surface area (Å²) in [6, 6.07) is 3.14. The Hall–Kier alpha value is -3.27. The lowest BCUT2D eigenvalue weighted by atomic mass is 10.2. The fourth-order valence-corrected chi connectivity index (χ4v) is 2.83. The van der Waals surface area contributed by atoms with Crippen LogP contribution in [0.4, 0.5) is 9.80 Å². The van der Waals surface area contributed by atoms with Crippen LogP contribution >= 0.6 is 11.3 Å². The van der Waals surface area contributed by atoms with E-state index >= 15 is 0 Å². The standard InChI is InChI=1S/C15H13N5O4S/c1-2-24-15(23)19-13(22)10-3-4-25-14(10)18-12(21)9-5-8-7-17-20-11(8)16-6-9/h3-7H,2H2,1H3,(H,18,21)(H,16,17,20)(H,19,22,23). The van der Waals surface area contributed by atoms with E-state index in [2.05, 4.69) is 30.6 Å². The fourth-order valence-electron chi connectivity index (χ4n) is 2.05. The van der Waals surface area contributed by atoms with Gasteiger partial charge in [-0.25, -0.2) is 9.78 Å². The minimum absolute atomic E-state index is 0.149. The normalized spacial score (nSPS) is 10.4. The van der Waals surface area contributed by atoms with E-state index in [0.29, 0.717) is 21.6 Å². The minimum atomic E-state index is -0.842. The molecule has 0 radical (unpaired) electrons. The highest BCUT2D eigenvalue weighted by Crippen LogP contribution is 2.24. The molecule has 3 amide bonds. The Balaban J connectivity index is 1.74. The molecule has 0 saturated carbocycles. The number of aromatic nitrogens is 3. The molecule has 10 heteroatoms. The molecule has 0 aliphatic rings. The second-order valence-electron chi connectivity index (χ2n) is 4.82. The molecule has 0 unspecified atom stereocenters. The average molecular weight is 359 g/mol. The Morgan fingerprint density at radius 1 is 1.28 bits per heavy atom. The van der Waals surface area contributed by atoms with E-state index in [9.17, 15) is 14.4 Å². The Labute approximate surface area is 145 Å². The number of aromatic amines is 1. The molecule has 3 N–H and O–H groups in total. The van der Waals surface area contributed by atoms with Gasteiger partial charge in [-0.1, -0.05) is 0 Å². The molecule has 0 saturated heterocycles. The van der Waals surface area contributed by atoms with E-state index in [0.717, 1.165) is 11.3 Å². The summed E-state index contributed by atoms with van der Waals surface area (Å²) in [4.78, 5) is 39.9. The largest absolute Gasteiger partial charge is 0.450 e. The molecular weight excluding hydrogens is 346 g/mol. The van der Waals surface area contributed by atoms with E-state index in [4.69, 9.17) is 0 Å². The van der Waals surface area contributed by atoms with Gasteiger partial charge in [0.25, 0.3) is 11.8 Å². The van der Waals surface area contributed by atoms with E-state index < -0.39 is 17.9 Å². The van der Waals surface area contributed by atoms with Crippen molar-refractivity contribution in [1.82, 2.24) is 20.5 Å². The van der Waals surface area contributed by atoms with Crippen molar-refractivity contribution < 1.29 is 19.1 Å². The van der Waals surface area contributed by atoms with Crippen LogP contribution in [0.1, 0.15) is 27.6 Å². The van der Waals surface area contributed by atoms with Gasteiger partial charge < -0.3 is 10.1 Å². The summed E-state index contributed by atoms with van der Waals surface area (Å²) in [5, 5.41) is 13.9. The molecule has 0 aromatic carbocycles. The number of alkyl carbamates (subject to hydrolysis) is 1. The summed E-state index contributed by atoms with van der Waals surface area (Å²) in [6.07, 6.45) is 2.12. The molecule has 3 rings (SSSR count). The van der Waals surface area contributed by atoms with Gasteiger partial charge in [-0.3, -0.25) is 20.0 Å². The first-order valence-electron chi connectivity index (χ1n) is 7.24. The van der Waals surface area contributed by atoms with Crippen molar-refractivity contribution in [3.8, 4) is 0 Å². The molecule has 0 spiro atoms. The van der Waals surface area contributed by atoms with Crippen LogP contribution in [-0.2, 0) is 4.74 Å². The van der Waals surface area contributed by atoms with E-state index in [1.807, 2.05) is 0 Å². The maximum absolute atomic E-state index is 12.4. The van der Waals surface area contributed by atoms with Crippen LogP contribution in [-0.4, -0.2) is 39.7 Å². The smallest absolute Gasteiger partial charge is 0.414 e. The summed E-state index contributed by atoms with van der Waals surface area (Å²) in [7, 11) is 0. The van der Waals surface area contributed by atoms with E-state index in [-0.39, 0.29) is 12.2 Å². The molecular formula is C15H13N5O4S. The Kier molecular flexibility index (Phi) is 4.70. The predicted octanol–water partition coefficient (Wildman–Crippen LogP) is 2.16. The molecule has 128 valence electrons. The molecule has 9 nitrogen and oxygen atoms in total. The SMILES string of the molecule is CCOC(=O)NC(=O)c1ccsc1NC(=O)c1cnc2[nH]ncc2c1. The van der Waals surface area contributed by atoms with Crippen LogP contribution in [0, 0.1) is 0 Å². The van der Waals surface area contributed by atoms with Gasteiger partial charge in [-0.2, -0.15) is 5.10 Å². The van der Waals surface area contributed by atoms with Gasteiger partial charge in [0, 0.05) is 11.6 Å². The number of thiophene rings is 1. The third-order valence-electron chi connectivity index (χ3n) is 3.18. The van der Waals surface area contributed by atoms with Crippen molar-refractivity contribution in [3.63, 3.8) is 0 Å². The summed E-state index contributed by atoms with van der Waals surface area (Å²) in [5.74, 6) is -1.08. The maximum atomic E-state index is 12.4. The molecule has 0 fully saturated rings. The van der Waals surface area contributed by atoms with Gasteiger partial charge in [0.05, 0.1) is 23.9 Å². The quantitative estimate of drug-likeness (QED) is 0.655. The topological polar surface area (TPSA) is 126 Å². The molecule has 0 atom stereocenters. The Bertz CT molecular complexity index is 948. The number of nitrogens with one attached hydrogen (secondary N) is 3. The van der Waals surface area contributed by atoms with Crippen LogP contribution in [0.3, 0.4) is 0 Å². The monoisotopic (exact) mass is 359 g/mol. The van der Waals surface area contributed by atoms with E-state index in [1.165, 1.54) is 12.3 Å². The number of pyridine rings is 1. The van der Waals surface area contributed by atoms with Gasteiger partial charge in [0.1, 0.15) is 5.00 Å². The highest BCUT2D eigenvalue weighted by Gasteiger charge is 2.18. The fraction of sp³-hybridized carbons (Fsp3) is 0.133. The lowest BCUT2D eigenvalue weighted by molar-refractivity contribution is 0.0926. The third-order valence-corrected chi connectivity index (χ3v) is 4.01. The first-order valence-corrected chi connectivity index (χ1v) is 8.12. The molecule has 3 aromatic rings. The summed E-state index contributed by atoms with van der Waals surface area (Å²) < 4.78 is 4.66. The number of fused-ring (bicyclic) bond motifs is 1. The minimum Gasteiger partial charge on any atom is -0.450 e. The predicted molar refractivity (Wildman–Crippen MR) is 90.6 cm³/mol. The van der Waals surface area contributed by atoms with Crippen LogP contribution in [0.25, 0.3) is 11.0 Å². The Morgan fingerprint density at radius 2 is 2.12 bits per heavy atom. The molecule has 3 heterocycles. The summed E-state index contributed by atoms with van der Waals surface area (Å²) in [6.45, 7) is 1.78. The number of carbonyl (C=O) groups is 3. The number of anilines is 1. The second kappa shape index (κ2) is 7.09. The first kappa shape index (κ1) is 16.6. The number of rotatable bonds is 4. The molecule has 25 heavy (non-hydrogen) atoms. The van der Waals surface area contributed by atoms with Gasteiger partial charge >= 0.3 is 6.09 Å². The van der Waals surface area contributed by atoms with E-state index in [1.54, 1.807) is 24.6 Å². The number of hydrogen-bond donors (Lipinski definition) is 3. The van der Waals surface area contributed by atoms with Gasteiger partial charge in [0.2, 0.25) is 0 Å². The number of hydrogen-bond acceptors (Lipinski definition) is 7. The molecule has 0 aliphatic heterocycles. The van der Waals surface area contributed by atoms with Crippen molar-refractivity contribution in [3.05, 3.63) is 41.0 Å². The van der Waals surface area contributed by atoms with Crippen LogP contribution < -0.4 is 10.6 Å². The maximum Gasteiger partial charge on any atom is 0.414 e. The zero-order valence-electron chi connectivity index (χ0n) is 13.0. The Morgan fingerprint density at radius 3 is 2.92 bits per heavy atom. The van der Waals surface area contributed by atoms with Crippen molar-refractivity contribution in [2.45, 2.75) is 6.92 Å². The lowest BCUT2D eigenvalue weighted by Crippen LogP contribution is -2.31. The molecule has 3 aromatic heterocycles. The summed E-state index contributed by atoms with van der Waals surface area (Å²) >= 11 is 1.16. The zero-order valence-corrected chi connectivity index (χ0v) is 13.8. The van der Waals surface area contributed by atoms with Crippen LogP contribution in [0.15, 0.2) is 29.9 Å². The van der Waals surface area contributed by atoms with Crippen LogP contribution in [0.2, 0.25) is 0 Å². The van der Waals surface area contributed by atoms with Crippen molar-refractivity contribution in [2.24, 2.45) is 0 Å². The number of amides is 3. The number of ether oxygens (including phenoxy) is 1. The van der Waals surface area contributed by atoms with Gasteiger partial charge in [-0.15, -0.1) is 11.3 Å². The van der Waals surface area contributed by atoms with Gasteiger partial charge in [0.15, 0.2) is 5.65 Å². The highest BCUT2D eigenvalue weighted by molar-refractivity contribution is 7.14. The lowest BCUT2D eigenvalue weighted by Gasteiger charge is -2.07. The van der Waals surface area contributed by atoms with Crippen LogP contribution in [0.5, 0.6) is 0 Å². The number of imide groups is 1. The number of H-pyrrole nitrogens is 1. The van der Waals surface area contributed by atoms with Crippen molar-refractivity contribution >= 4 is 45.3 Å². The number of nitrogens with zero attached hydrogens (tertiary/aromatic N) is 2. The first-order chi connectivity index (χ1) is 12.1. The molecule has 0 bridgehead atoms. The zero-order chi connectivity index (χ0) is 17.8.